The van der Waals surface area contributed by atoms with Crippen LogP contribution in [0.1, 0.15) is 39.2 Å². The highest BCUT2D eigenvalue weighted by Gasteiger charge is 2.27. The number of esters is 1. The number of fused-ring (bicyclic) bond motifs is 1. The standard InChI is InChI=1S/C20H22ClN3O4S/c1-28-19(26)14(10-11-6-8-12(21)9-7-11)23-20(27)24-18-16(17(22)25)13-4-2-3-5-15(13)29-18/h6-9,14H,2-5,10H2,1H3,(H2,22,25)(H2,23,24,27). The first-order chi connectivity index (χ1) is 13.9. The van der Waals surface area contributed by atoms with Crippen LogP contribution in [0.25, 0.3) is 0 Å². The van der Waals surface area contributed by atoms with Crippen LogP contribution in [0.15, 0.2) is 24.3 Å². The van der Waals surface area contributed by atoms with E-state index in [-0.39, 0.29) is 6.42 Å². The maximum absolute atomic E-state index is 12.6. The van der Waals surface area contributed by atoms with Crippen LogP contribution in [0.3, 0.4) is 0 Å². The molecule has 2 aromatic rings. The molecular weight excluding hydrogens is 414 g/mol. The quantitative estimate of drug-likeness (QED) is 0.604. The summed E-state index contributed by atoms with van der Waals surface area (Å²) < 4.78 is 4.81. The molecule has 0 saturated heterocycles. The van der Waals surface area contributed by atoms with Gasteiger partial charge in [0.2, 0.25) is 0 Å². The lowest BCUT2D eigenvalue weighted by molar-refractivity contribution is -0.142. The van der Waals surface area contributed by atoms with E-state index in [1.54, 1.807) is 24.3 Å². The maximum atomic E-state index is 12.6. The lowest BCUT2D eigenvalue weighted by Gasteiger charge is -2.17. The zero-order valence-corrected chi connectivity index (χ0v) is 17.5. The predicted octanol–water partition coefficient (Wildman–Crippen LogP) is 3.29. The van der Waals surface area contributed by atoms with Crippen molar-refractivity contribution in [2.45, 2.75) is 38.1 Å². The molecule has 0 radical (unpaired) electrons. The summed E-state index contributed by atoms with van der Waals surface area (Å²) in [6.07, 6.45) is 3.91. The Kier molecular flexibility index (Phi) is 6.76. The van der Waals surface area contributed by atoms with Gasteiger partial charge < -0.3 is 15.8 Å². The molecule has 3 rings (SSSR count). The van der Waals surface area contributed by atoms with Crippen LogP contribution in [-0.4, -0.2) is 31.1 Å². The number of thiophene rings is 1. The summed E-state index contributed by atoms with van der Waals surface area (Å²) in [4.78, 5) is 37.8. The molecule has 9 heteroatoms. The molecule has 0 aliphatic heterocycles. The molecule has 0 bridgehead atoms. The van der Waals surface area contributed by atoms with Gasteiger partial charge >= 0.3 is 12.0 Å². The third-order valence-electron chi connectivity index (χ3n) is 4.79. The molecule has 1 atom stereocenters. The van der Waals surface area contributed by atoms with Gasteiger partial charge in [0.15, 0.2) is 0 Å². The Balaban J connectivity index is 1.75. The third-order valence-corrected chi connectivity index (χ3v) is 6.25. The second kappa shape index (κ2) is 9.28. The third kappa shape index (κ3) is 5.07. The van der Waals surface area contributed by atoms with Crippen molar-refractivity contribution in [3.8, 4) is 0 Å². The highest BCUT2D eigenvalue weighted by Crippen LogP contribution is 2.37. The van der Waals surface area contributed by atoms with Gasteiger partial charge in [-0.15, -0.1) is 11.3 Å². The van der Waals surface area contributed by atoms with Crippen LogP contribution in [0.5, 0.6) is 0 Å². The average molecular weight is 436 g/mol. The fraction of sp³-hybridized carbons (Fsp3) is 0.350. The van der Waals surface area contributed by atoms with Crippen LogP contribution in [-0.2, 0) is 28.8 Å². The fourth-order valence-corrected chi connectivity index (χ4v) is 4.82. The molecule has 1 unspecified atom stereocenters. The van der Waals surface area contributed by atoms with Gasteiger partial charge in [0, 0.05) is 16.3 Å². The number of hydrogen-bond donors (Lipinski definition) is 3. The van der Waals surface area contributed by atoms with E-state index < -0.39 is 23.9 Å². The number of rotatable bonds is 6. The Bertz CT molecular complexity index is 927. The van der Waals surface area contributed by atoms with Gasteiger partial charge in [0.1, 0.15) is 11.0 Å². The molecule has 4 N–H and O–H groups in total. The van der Waals surface area contributed by atoms with Crippen LogP contribution in [0.2, 0.25) is 5.02 Å². The molecule has 1 aliphatic rings. The average Bonchev–Trinajstić information content (AvgIpc) is 3.06. The number of benzene rings is 1. The van der Waals surface area contributed by atoms with E-state index in [1.807, 2.05) is 0 Å². The Morgan fingerprint density at radius 2 is 1.90 bits per heavy atom. The topological polar surface area (TPSA) is 111 Å². The molecule has 0 saturated carbocycles. The van der Waals surface area contributed by atoms with Crippen molar-refractivity contribution in [2.24, 2.45) is 5.73 Å². The minimum atomic E-state index is -0.896. The van der Waals surface area contributed by atoms with Gasteiger partial charge in [0.25, 0.3) is 5.91 Å². The van der Waals surface area contributed by atoms with Crippen LogP contribution >= 0.6 is 22.9 Å². The smallest absolute Gasteiger partial charge is 0.328 e. The highest BCUT2D eigenvalue weighted by molar-refractivity contribution is 7.17. The van der Waals surface area contributed by atoms with E-state index in [0.717, 1.165) is 41.7 Å². The molecule has 154 valence electrons. The number of aryl methyl sites for hydroxylation is 1. The molecule has 7 nitrogen and oxygen atoms in total. The monoisotopic (exact) mass is 435 g/mol. The first-order valence-electron chi connectivity index (χ1n) is 9.23. The predicted molar refractivity (Wildman–Crippen MR) is 113 cm³/mol. The van der Waals surface area contributed by atoms with E-state index in [0.29, 0.717) is 15.6 Å². The number of primary amides is 1. The summed E-state index contributed by atoms with van der Waals surface area (Å²) in [7, 11) is 1.26. The molecule has 1 aromatic heterocycles. The molecule has 0 spiro atoms. The van der Waals surface area contributed by atoms with Crippen LogP contribution in [0, 0.1) is 0 Å². The summed E-state index contributed by atoms with van der Waals surface area (Å²) >= 11 is 7.25. The molecule has 1 aromatic carbocycles. The van der Waals surface area contributed by atoms with Crippen molar-refractivity contribution < 1.29 is 19.1 Å². The molecule has 1 aliphatic carbocycles. The number of anilines is 1. The summed E-state index contributed by atoms with van der Waals surface area (Å²) in [6, 6.07) is 5.47. The van der Waals surface area contributed by atoms with E-state index in [4.69, 9.17) is 22.1 Å². The lowest BCUT2D eigenvalue weighted by Crippen LogP contribution is -2.45. The van der Waals surface area contributed by atoms with E-state index in [9.17, 15) is 14.4 Å². The molecular formula is C20H22ClN3O4S. The fourth-order valence-electron chi connectivity index (χ4n) is 3.40. The number of carbonyl (C=O) groups excluding carboxylic acids is 3. The van der Waals surface area contributed by atoms with Gasteiger partial charge in [-0.2, -0.15) is 0 Å². The second-order valence-electron chi connectivity index (χ2n) is 6.78. The Morgan fingerprint density at radius 1 is 1.21 bits per heavy atom. The largest absolute Gasteiger partial charge is 0.467 e. The number of halogens is 1. The van der Waals surface area contributed by atoms with Gasteiger partial charge in [0.05, 0.1) is 12.7 Å². The van der Waals surface area contributed by atoms with Gasteiger partial charge in [-0.1, -0.05) is 23.7 Å². The number of amides is 3. The summed E-state index contributed by atoms with van der Waals surface area (Å²) in [5.74, 6) is -1.14. The Morgan fingerprint density at radius 3 is 2.55 bits per heavy atom. The van der Waals surface area contributed by atoms with E-state index in [1.165, 1.54) is 18.4 Å². The van der Waals surface area contributed by atoms with Crippen molar-refractivity contribution in [2.75, 3.05) is 12.4 Å². The SMILES string of the molecule is COC(=O)C(Cc1ccc(Cl)cc1)NC(=O)Nc1sc2c(c1C(N)=O)CCCC2. The van der Waals surface area contributed by atoms with Gasteiger partial charge in [-0.05, 0) is 48.9 Å². The summed E-state index contributed by atoms with van der Waals surface area (Å²) in [6.45, 7) is 0. The minimum Gasteiger partial charge on any atom is -0.467 e. The van der Waals surface area contributed by atoms with Crippen molar-refractivity contribution in [3.63, 3.8) is 0 Å². The van der Waals surface area contributed by atoms with Crippen LogP contribution in [0.4, 0.5) is 9.80 Å². The summed E-state index contributed by atoms with van der Waals surface area (Å²) in [5, 5.41) is 6.31. The number of hydrogen-bond acceptors (Lipinski definition) is 5. The first-order valence-corrected chi connectivity index (χ1v) is 10.4. The molecule has 0 fully saturated rings. The van der Waals surface area contributed by atoms with Gasteiger partial charge in [-0.3, -0.25) is 10.1 Å². The zero-order valence-electron chi connectivity index (χ0n) is 15.9. The zero-order chi connectivity index (χ0) is 21.0. The molecule has 1 heterocycles. The number of ether oxygens (including phenoxy) is 1. The number of nitrogens with two attached hydrogens (primary N) is 1. The van der Waals surface area contributed by atoms with E-state index >= 15 is 0 Å². The first kappa shape index (κ1) is 21.1. The van der Waals surface area contributed by atoms with Crippen molar-refractivity contribution in [1.29, 1.82) is 0 Å². The van der Waals surface area contributed by atoms with E-state index in [2.05, 4.69) is 10.6 Å². The molecule has 3 amide bonds. The Hall–Kier alpha value is -2.58. The number of carbonyl (C=O) groups is 3. The normalized spacial score (nSPS) is 13.9. The number of methoxy groups -OCH3 is 1. The van der Waals surface area contributed by atoms with Gasteiger partial charge in [-0.25, -0.2) is 9.59 Å². The second-order valence-corrected chi connectivity index (χ2v) is 8.33. The van der Waals surface area contributed by atoms with Crippen molar-refractivity contribution >= 4 is 45.8 Å². The lowest BCUT2D eigenvalue weighted by atomic mass is 9.95. The van der Waals surface area contributed by atoms with Crippen molar-refractivity contribution in [3.05, 3.63) is 50.9 Å². The number of urea groups is 1. The Labute approximate surface area is 177 Å². The maximum Gasteiger partial charge on any atom is 0.328 e. The van der Waals surface area contributed by atoms with Crippen LogP contribution < -0.4 is 16.4 Å². The molecule has 29 heavy (non-hydrogen) atoms. The van der Waals surface area contributed by atoms with Crippen molar-refractivity contribution in [1.82, 2.24) is 5.32 Å². The number of nitrogens with one attached hydrogen (secondary N) is 2. The summed E-state index contributed by atoms with van der Waals surface area (Å²) in [5.41, 5.74) is 7.66. The highest BCUT2D eigenvalue weighted by atomic mass is 35.5. The minimum absolute atomic E-state index is 0.237.